The zero-order valence-corrected chi connectivity index (χ0v) is 6.96. The van der Waals surface area contributed by atoms with E-state index in [-0.39, 0.29) is 5.78 Å². The summed E-state index contributed by atoms with van der Waals surface area (Å²) in [6, 6.07) is 0. The highest BCUT2D eigenvalue weighted by Crippen LogP contribution is 1.96. The van der Waals surface area contributed by atoms with Gasteiger partial charge in [-0.1, -0.05) is 6.08 Å². The fraction of sp³-hybridized carbons (Fsp3) is 0.500. The minimum absolute atomic E-state index is 0.168. The highest BCUT2D eigenvalue weighted by Gasteiger charge is 2.12. The van der Waals surface area contributed by atoms with E-state index in [0.717, 1.165) is 0 Å². The Morgan fingerprint density at radius 1 is 1.36 bits per heavy atom. The van der Waals surface area contributed by atoms with Gasteiger partial charge in [0.2, 0.25) is 0 Å². The lowest BCUT2D eigenvalue weighted by Crippen LogP contribution is -2.21. The van der Waals surface area contributed by atoms with Gasteiger partial charge in [-0.2, -0.15) is 0 Å². The fourth-order valence-electron chi connectivity index (χ4n) is 0.611. The van der Waals surface area contributed by atoms with Gasteiger partial charge in [0.1, 0.15) is 0 Å². The third kappa shape index (κ3) is 4.31. The van der Waals surface area contributed by atoms with Gasteiger partial charge in [0, 0.05) is 6.92 Å². The van der Waals surface area contributed by atoms with E-state index in [2.05, 4.69) is 4.74 Å². The molecule has 0 fully saturated rings. The molecule has 3 nitrogen and oxygen atoms in total. The van der Waals surface area contributed by atoms with Crippen molar-refractivity contribution in [3.8, 4) is 0 Å². The van der Waals surface area contributed by atoms with Crippen molar-refractivity contribution in [2.75, 3.05) is 0 Å². The molecule has 0 rings (SSSR count). The summed E-state index contributed by atoms with van der Waals surface area (Å²) < 4.78 is 4.68. The Hall–Kier alpha value is -1.12. The van der Waals surface area contributed by atoms with Crippen LogP contribution in [-0.2, 0) is 14.3 Å². The highest BCUT2D eigenvalue weighted by atomic mass is 16.5. The second kappa shape index (κ2) is 4.66. The van der Waals surface area contributed by atoms with Gasteiger partial charge in [-0.3, -0.25) is 9.59 Å². The molecule has 3 heteroatoms. The second-order valence-electron chi connectivity index (χ2n) is 2.17. The number of carbonyl (C=O) groups excluding carboxylic acids is 2. The molecule has 0 aliphatic heterocycles. The van der Waals surface area contributed by atoms with Gasteiger partial charge >= 0.3 is 5.97 Å². The van der Waals surface area contributed by atoms with Crippen LogP contribution in [0, 0.1) is 0 Å². The summed E-state index contributed by atoms with van der Waals surface area (Å²) in [5.74, 6) is -0.610. The number of hydrogen-bond donors (Lipinski definition) is 0. The van der Waals surface area contributed by atoms with Crippen LogP contribution >= 0.6 is 0 Å². The van der Waals surface area contributed by atoms with Gasteiger partial charge in [-0.05, 0) is 19.9 Å². The van der Waals surface area contributed by atoms with Crippen LogP contribution in [0.2, 0.25) is 0 Å². The molecule has 1 atom stereocenters. The van der Waals surface area contributed by atoms with Crippen molar-refractivity contribution in [2.45, 2.75) is 26.9 Å². The lowest BCUT2D eigenvalue weighted by Gasteiger charge is -2.07. The predicted molar refractivity (Wildman–Crippen MR) is 41.0 cm³/mol. The lowest BCUT2D eigenvalue weighted by atomic mass is 10.2. The van der Waals surface area contributed by atoms with Gasteiger partial charge < -0.3 is 4.74 Å². The standard InChI is InChI=1S/C8H12O3/c1-4-5-8(6(2)9)11-7(3)10/h4-5,8H,1-3H3/b5-4+. The smallest absolute Gasteiger partial charge is 0.303 e. The van der Waals surface area contributed by atoms with Crippen LogP contribution in [-0.4, -0.2) is 17.9 Å². The van der Waals surface area contributed by atoms with Crippen LogP contribution in [0.15, 0.2) is 12.2 Å². The minimum atomic E-state index is -0.711. The van der Waals surface area contributed by atoms with Crippen LogP contribution in [0.25, 0.3) is 0 Å². The summed E-state index contributed by atoms with van der Waals surface area (Å²) in [5, 5.41) is 0. The molecule has 0 amide bonds. The number of allylic oxidation sites excluding steroid dienone is 1. The zero-order chi connectivity index (χ0) is 8.85. The van der Waals surface area contributed by atoms with E-state index in [9.17, 15) is 9.59 Å². The predicted octanol–water partition coefficient (Wildman–Crippen LogP) is 1.08. The summed E-state index contributed by atoms with van der Waals surface area (Å²) in [4.78, 5) is 21.2. The van der Waals surface area contributed by atoms with Crippen molar-refractivity contribution in [2.24, 2.45) is 0 Å². The van der Waals surface area contributed by atoms with E-state index in [1.165, 1.54) is 13.8 Å². The van der Waals surface area contributed by atoms with Crippen LogP contribution in [0.3, 0.4) is 0 Å². The molecule has 0 aromatic carbocycles. The van der Waals surface area contributed by atoms with Gasteiger partial charge in [-0.15, -0.1) is 0 Å². The molecule has 62 valence electrons. The molecule has 0 bridgehead atoms. The van der Waals surface area contributed by atoms with E-state index in [1.807, 2.05) is 0 Å². The van der Waals surface area contributed by atoms with Crippen molar-refractivity contribution < 1.29 is 14.3 Å². The largest absolute Gasteiger partial charge is 0.450 e. The number of ketones is 1. The third-order valence-electron chi connectivity index (χ3n) is 1.06. The number of Topliss-reactive ketones (excluding diaryl/α,β-unsaturated/α-hetero) is 1. The van der Waals surface area contributed by atoms with E-state index in [0.29, 0.717) is 0 Å². The Morgan fingerprint density at radius 3 is 2.18 bits per heavy atom. The average molecular weight is 156 g/mol. The monoisotopic (exact) mass is 156 g/mol. The quantitative estimate of drug-likeness (QED) is 0.453. The minimum Gasteiger partial charge on any atom is -0.450 e. The number of rotatable bonds is 3. The Labute approximate surface area is 66.0 Å². The van der Waals surface area contributed by atoms with Crippen molar-refractivity contribution in [1.82, 2.24) is 0 Å². The lowest BCUT2D eigenvalue weighted by molar-refractivity contribution is -0.149. The van der Waals surface area contributed by atoms with Crippen LogP contribution in [0.5, 0.6) is 0 Å². The van der Waals surface area contributed by atoms with Crippen molar-refractivity contribution in [3.63, 3.8) is 0 Å². The summed E-state index contributed by atoms with van der Waals surface area (Å²) in [7, 11) is 0. The molecule has 0 saturated heterocycles. The topological polar surface area (TPSA) is 43.4 Å². The van der Waals surface area contributed by atoms with Crippen LogP contribution < -0.4 is 0 Å². The van der Waals surface area contributed by atoms with Crippen molar-refractivity contribution in [1.29, 1.82) is 0 Å². The maximum absolute atomic E-state index is 10.7. The normalized spacial score (nSPS) is 13.0. The molecule has 11 heavy (non-hydrogen) atoms. The molecular formula is C8H12O3. The summed E-state index contributed by atoms with van der Waals surface area (Å²) in [6.45, 7) is 4.42. The Kier molecular flexibility index (Phi) is 4.18. The average Bonchev–Trinajstić information content (AvgIpc) is 1.86. The molecule has 1 unspecified atom stereocenters. The SMILES string of the molecule is C/C=C/C(OC(C)=O)C(C)=O. The first-order valence-electron chi connectivity index (χ1n) is 3.38. The number of hydrogen-bond acceptors (Lipinski definition) is 3. The zero-order valence-electron chi connectivity index (χ0n) is 6.96. The first-order valence-corrected chi connectivity index (χ1v) is 3.38. The molecule has 0 saturated carbocycles. The first-order chi connectivity index (χ1) is 5.07. The molecule has 0 aliphatic rings. The second-order valence-corrected chi connectivity index (χ2v) is 2.17. The maximum Gasteiger partial charge on any atom is 0.303 e. The number of ether oxygens (including phenoxy) is 1. The number of carbonyl (C=O) groups is 2. The number of esters is 1. The Balaban J connectivity index is 4.11. The molecule has 0 aromatic rings. The summed E-state index contributed by atoms with van der Waals surface area (Å²) in [6.07, 6.45) is 2.51. The molecule has 0 radical (unpaired) electrons. The van der Waals surface area contributed by atoms with Crippen molar-refractivity contribution in [3.05, 3.63) is 12.2 Å². The summed E-state index contributed by atoms with van der Waals surface area (Å²) >= 11 is 0. The third-order valence-corrected chi connectivity index (χ3v) is 1.06. The maximum atomic E-state index is 10.7. The van der Waals surface area contributed by atoms with Gasteiger partial charge in [0.25, 0.3) is 0 Å². The van der Waals surface area contributed by atoms with E-state index < -0.39 is 12.1 Å². The molecule has 0 heterocycles. The molecule has 0 aliphatic carbocycles. The van der Waals surface area contributed by atoms with Gasteiger partial charge in [0.15, 0.2) is 11.9 Å². The Bertz CT molecular complexity index is 182. The van der Waals surface area contributed by atoms with Gasteiger partial charge in [-0.25, -0.2) is 0 Å². The van der Waals surface area contributed by atoms with E-state index >= 15 is 0 Å². The van der Waals surface area contributed by atoms with Gasteiger partial charge in [0.05, 0.1) is 0 Å². The highest BCUT2D eigenvalue weighted by molar-refractivity contribution is 5.84. The van der Waals surface area contributed by atoms with E-state index in [1.54, 1.807) is 19.1 Å². The molecule has 0 aromatic heterocycles. The molecule has 0 N–H and O–H groups in total. The van der Waals surface area contributed by atoms with E-state index in [4.69, 9.17) is 0 Å². The molecular weight excluding hydrogens is 144 g/mol. The first kappa shape index (κ1) is 9.88. The molecule has 0 spiro atoms. The summed E-state index contributed by atoms with van der Waals surface area (Å²) in [5.41, 5.74) is 0. The van der Waals surface area contributed by atoms with Crippen molar-refractivity contribution >= 4 is 11.8 Å². The van der Waals surface area contributed by atoms with Crippen LogP contribution in [0.4, 0.5) is 0 Å². The fourth-order valence-corrected chi connectivity index (χ4v) is 0.611. The Morgan fingerprint density at radius 2 is 1.91 bits per heavy atom. The van der Waals surface area contributed by atoms with Crippen LogP contribution in [0.1, 0.15) is 20.8 Å².